The molecule has 0 aliphatic carbocycles. The van der Waals surface area contributed by atoms with Gasteiger partial charge in [0.2, 0.25) is 0 Å². The molecule has 1 heterocycles. The molecule has 0 spiro atoms. The molecule has 1 aromatic heterocycles. The van der Waals surface area contributed by atoms with Crippen molar-refractivity contribution in [1.82, 2.24) is 4.98 Å². The van der Waals surface area contributed by atoms with E-state index in [1.165, 1.54) is 18.3 Å². The van der Waals surface area contributed by atoms with Crippen LogP contribution in [0.15, 0.2) is 18.3 Å². The Bertz CT molecular complexity index is 433. The number of aliphatic hydroxyl groups is 1. The zero-order valence-electron chi connectivity index (χ0n) is 10.6. The Kier molecular flexibility index (Phi) is 6.45. The van der Waals surface area contributed by atoms with Crippen LogP contribution < -0.4 is 0 Å². The standard InChI is InChI=1S/C13H16ClNO4/c1-2-3-6-19-13(18)12(17)7-11(16)10-5-4-9(14)8-15-10/h4-5,8,12,17H,2-3,6-7H2,1H3. The lowest BCUT2D eigenvalue weighted by molar-refractivity contribution is -0.153. The van der Waals surface area contributed by atoms with Gasteiger partial charge in [0, 0.05) is 12.6 Å². The van der Waals surface area contributed by atoms with E-state index in [-0.39, 0.29) is 18.7 Å². The van der Waals surface area contributed by atoms with E-state index in [0.29, 0.717) is 5.02 Å². The third-order valence-electron chi connectivity index (χ3n) is 2.41. The van der Waals surface area contributed by atoms with Crippen molar-refractivity contribution < 1.29 is 19.4 Å². The number of hydrogen-bond donors (Lipinski definition) is 1. The number of carbonyl (C=O) groups is 2. The molecular formula is C13H16ClNO4. The van der Waals surface area contributed by atoms with E-state index in [4.69, 9.17) is 16.3 Å². The lowest BCUT2D eigenvalue weighted by Gasteiger charge is -2.09. The molecule has 0 radical (unpaired) electrons. The average molecular weight is 286 g/mol. The van der Waals surface area contributed by atoms with Crippen LogP contribution in [-0.2, 0) is 9.53 Å². The molecule has 0 saturated heterocycles. The monoisotopic (exact) mass is 285 g/mol. The quantitative estimate of drug-likeness (QED) is 0.471. The Morgan fingerprint density at radius 2 is 2.21 bits per heavy atom. The van der Waals surface area contributed by atoms with Gasteiger partial charge in [0.25, 0.3) is 0 Å². The Morgan fingerprint density at radius 1 is 1.47 bits per heavy atom. The van der Waals surface area contributed by atoms with Gasteiger partial charge >= 0.3 is 5.97 Å². The van der Waals surface area contributed by atoms with Crippen LogP contribution in [0.2, 0.25) is 5.02 Å². The van der Waals surface area contributed by atoms with Crippen molar-refractivity contribution in [3.8, 4) is 0 Å². The number of aromatic nitrogens is 1. The minimum atomic E-state index is -1.46. The van der Waals surface area contributed by atoms with Crippen LogP contribution in [-0.4, -0.2) is 34.6 Å². The van der Waals surface area contributed by atoms with Crippen LogP contribution in [0.3, 0.4) is 0 Å². The van der Waals surface area contributed by atoms with Crippen LogP contribution in [0, 0.1) is 0 Å². The summed E-state index contributed by atoms with van der Waals surface area (Å²) >= 11 is 5.65. The van der Waals surface area contributed by atoms with Gasteiger partial charge in [0.05, 0.1) is 11.6 Å². The van der Waals surface area contributed by atoms with Crippen molar-refractivity contribution in [2.75, 3.05) is 6.61 Å². The summed E-state index contributed by atoms with van der Waals surface area (Å²) in [7, 11) is 0. The lowest BCUT2D eigenvalue weighted by atomic mass is 10.1. The first-order valence-electron chi connectivity index (χ1n) is 6.04. The van der Waals surface area contributed by atoms with Gasteiger partial charge in [0.1, 0.15) is 5.69 Å². The van der Waals surface area contributed by atoms with E-state index in [9.17, 15) is 14.7 Å². The van der Waals surface area contributed by atoms with Gasteiger partial charge in [-0.25, -0.2) is 4.79 Å². The number of ether oxygens (including phenoxy) is 1. The van der Waals surface area contributed by atoms with E-state index in [1.54, 1.807) is 0 Å². The minimum Gasteiger partial charge on any atom is -0.464 e. The highest BCUT2D eigenvalue weighted by atomic mass is 35.5. The number of pyridine rings is 1. The molecule has 1 rings (SSSR count). The molecule has 0 amide bonds. The first-order valence-corrected chi connectivity index (χ1v) is 6.41. The fourth-order valence-electron chi connectivity index (χ4n) is 1.32. The molecule has 1 N–H and O–H groups in total. The van der Waals surface area contributed by atoms with Crippen molar-refractivity contribution in [1.29, 1.82) is 0 Å². The smallest absolute Gasteiger partial charge is 0.335 e. The topological polar surface area (TPSA) is 76.5 Å². The molecule has 5 nitrogen and oxygen atoms in total. The van der Waals surface area contributed by atoms with Crippen LogP contribution in [0.25, 0.3) is 0 Å². The molecule has 104 valence electrons. The van der Waals surface area contributed by atoms with E-state index >= 15 is 0 Å². The van der Waals surface area contributed by atoms with Crippen molar-refractivity contribution >= 4 is 23.4 Å². The molecule has 1 aromatic rings. The summed E-state index contributed by atoms with van der Waals surface area (Å²) in [6.07, 6.45) is 1.14. The Morgan fingerprint density at radius 3 is 2.79 bits per heavy atom. The van der Waals surface area contributed by atoms with Gasteiger partial charge in [-0.05, 0) is 18.6 Å². The number of halogens is 1. The number of carbonyl (C=O) groups excluding carboxylic acids is 2. The SMILES string of the molecule is CCCCOC(=O)C(O)CC(=O)c1ccc(Cl)cn1. The molecule has 0 aromatic carbocycles. The maximum Gasteiger partial charge on any atom is 0.335 e. The molecular weight excluding hydrogens is 270 g/mol. The largest absolute Gasteiger partial charge is 0.464 e. The average Bonchev–Trinajstić information content (AvgIpc) is 2.39. The molecule has 0 fully saturated rings. The summed E-state index contributed by atoms with van der Waals surface area (Å²) in [4.78, 5) is 26.9. The molecule has 0 aliphatic heterocycles. The van der Waals surface area contributed by atoms with Crippen LogP contribution in [0.4, 0.5) is 0 Å². The first-order chi connectivity index (χ1) is 9.04. The Balaban J connectivity index is 2.47. The number of nitrogens with zero attached hydrogens (tertiary/aromatic N) is 1. The molecule has 6 heteroatoms. The molecule has 1 unspecified atom stereocenters. The molecule has 0 saturated carbocycles. The molecule has 1 atom stereocenters. The predicted octanol–water partition coefficient (Wildman–Crippen LogP) is 2.01. The number of hydrogen-bond acceptors (Lipinski definition) is 5. The summed E-state index contributed by atoms with van der Waals surface area (Å²) in [5, 5.41) is 9.97. The zero-order chi connectivity index (χ0) is 14.3. The van der Waals surface area contributed by atoms with Gasteiger partial charge in [-0.2, -0.15) is 0 Å². The van der Waals surface area contributed by atoms with Crippen LogP contribution >= 0.6 is 11.6 Å². The Labute approximate surface area is 116 Å². The Hall–Kier alpha value is -1.46. The van der Waals surface area contributed by atoms with E-state index < -0.39 is 17.9 Å². The number of esters is 1. The number of Topliss-reactive ketones (excluding diaryl/α,β-unsaturated/α-hetero) is 1. The third kappa shape index (κ3) is 5.36. The zero-order valence-corrected chi connectivity index (χ0v) is 11.4. The second-order valence-electron chi connectivity index (χ2n) is 4.03. The van der Waals surface area contributed by atoms with Gasteiger partial charge in [0.15, 0.2) is 11.9 Å². The normalized spacial score (nSPS) is 11.9. The summed E-state index contributed by atoms with van der Waals surface area (Å²) < 4.78 is 4.82. The van der Waals surface area contributed by atoms with Crippen LogP contribution in [0.5, 0.6) is 0 Å². The minimum absolute atomic E-state index is 0.157. The summed E-state index contributed by atoms with van der Waals surface area (Å²) in [5.41, 5.74) is 0.157. The van der Waals surface area contributed by atoms with Crippen molar-refractivity contribution in [3.05, 3.63) is 29.0 Å². The number of unbranched alkanes of at least 4 members (excludes halogenated alkanes) is 1. The summed E-state index contributed by atoms with van der Waals surface area (Å²) in [6, 6.07) is 2.97. The first kappa shape index (κ1) is 15.6. The molecule has 0 aliphatic rings. The van der Waals surface area contributed by atoms with Gasteiger partial charge in [-0.3, -0.25) is 9.78 Å². The predicted molar refractivity (Wildman–Crippen MR) is 70.1 cm³/mol. The summed E-state index contributed by atoms with van der Waals surface area (Å²) in [6.45, 7) is 2.21. The van der Waals surface area contributed by atoms with Crippen molar-refractivity contribution in [2.45, 2.75) is 32.3 Å². The highest BCUT2D eigenvalue weighted by Crippen LogP contribution is 2.09. The van der Waals surface area contributed by atoms with Gasteiger partial charge in [-0.15, -0.1) is 0 Å². The van der Waals surface area contributed by atoms with Crippen molar-refractivity contribution in [2.24, 2.45) is 0 Å². The third-order valence-corrected chi connectivity index (χ3v) is 2.63. The van der Waals surface area contributed by atoms with Crippen LogP contribution in [0.1, 0.15) is 36.7 Å². The van der Waals surface area contributed by atoms with E-state index in [1.807, 2.05) is 6.92 Å². The van der Waals surface area contributed by atoms with Crippen molar-refractivity contribution in [3.63, 3.8) is 0 Å². The number of rotatable bonds is 7. The number of aliphatic hydroxyl groups excluding tert-OH is 1. The maximum atomic E-state index is 11.7. The molecule has 0 bridgehead atoms. The lowest BCUT2D eigenvalue weighted by Crippen LogP contribution is -2.26. The highest BCUT2D eigenvalue weighted by molar-refractivity contribution is 6.30. The summed E-state index contributed by atoms with van der Waals surface area (Å²) in [5.74, 6) is -1.22. The number of ketones is 1. The van der Waals surface area contributed by atoms with E-state index in [0.717, 1.165) is 12.8 Å². The fraction of sp³-hybridized carbons (Fsp3) is 0.462. The molecule has 19 heavy (non-hydrogen) atoms. The second kappa shape index (κ2) is 7.86. The fourth-order valence-corrected chi connectivity index (χ4v) is 1.43. The maximum absolute atomic E-state index is 11.7. The van der Waals surface area contributed by atoms with Gasteiger partial charge < -0.3 is 9.84 Å². The van der Waals surface area contributed by atoms with E-state index in [2.05, 4.69) is 4.98 Å². The highest BCUT2D eigenvalue weighted by Gasteiger charge is 2.21. The van der Waals surface area contributed by atoms with Gasteiger partial charge in [-0.1, -0.05) is 24.9 Å². The second-order valence-corrected chi connectivity index (χ2v) is 4.46.